The van der Waals surface area contributed by atoms with Gasteiger partial charge in [0.25, 0.3) is 5.91 Å². The highest BCUT2D eigenvalue weighted by Gasteiger charge is 2.10. The van der Waals surface area contributed by atoms with Crippen LogP contribution in [-0.4, -0.2) is 23.6 Å². The Balaban J connectivity index is 1.58. The third kappa shape index (κ3) is 6.75. The molecule has 7 heteroatoms. The number of nitrogens with one attached hydrogen (secondary N) is 1. The molecule has 0 unspecified atom stereocenters. The minimum Gasteiger partial charge on any atom is -0.489 e. The van der Waals surface area contributed by atoms with E-state index in [-0.39, 0.29) is 5.57 Å². The maximum atomic E-state index is 12.5. The lowest BCUT2D eigenvalue weighted by Gasteiger charge is -2.08. The van der Waals surface area contributed by atoms with Gasteiger partial charge in [-0.15, -0.1) is 0 Å². The van der Waals surface area contributed by atoms with E-state index < -0.39 is 18.5 Å². The zero-order valence-electron chi connectivity index (χ0n) is 17.0. The van der Waals surface area contributed by atoms with Crippen molar-refractivity contribution in [2.75, 3.05) is 11.9 Å². The van der Waals surface area contributed by atoms with Gasteiger partial charge in [-0.05, 0) is 53.6 Å². The molecule has 0 spiro atoms. The quantitative estimate of drug-likeness (QED) is 0.389. The average Bonchev–Trinajstić information content (AvgIpc) is 2.82. The molecule has 1 amide bonds. The summed E-state index contributed by atoms with van der Waals surface area (Å²) in [5.41, 5.74) is 2.11. The Morgan fingerprint density at radius 2 is 1.53 bits per heavy atom. The Hall–Kier alpha value is -4.57. The summed E-state index contributed by atoms with van der Waals surface area (Å²) in [5, 5.41) is 20.7. The normalized spacial score (nSPS) is 10.7. The van der Waals surface area contributed by atoms with Gasteiger partial charge in [-0.2, -0.15) is 5.26 Å². The standard InChI is InChI=1S/C25H20N2O5/c26-15-20(14-18-6-10-22(11-7-18)32-17-24(28)29)25(30)27-21-8-12-23(13-9-21)31-16-19-4-2-1-3-5-19/h1-14H,16-17H2,(H,27,30)(H,28,29)/b20-14+. The largest absolute Gasteiger partial charge is 0.489 e. The second-order valence-electron chi connectivity index (χ2n) is 6.67. The number of carbonyl (C=O) groups excluding carboxylic acids is 1. The molecule has 2 N–H and O–H groups in total. The molecule has 0 radical (unpaired) electrons. The zero-order valence-corrected chi connectivity index (χ0v) is 17.0. The number of carboxylic acids is 1. The van der Waals surface area contributed by atoms with Crippen LogP contribution in [0.4, 0.5) is 5.69 Å². The van der Waals surface area contributed by atoms with Gasteiger partial charge in [-0.1, -0.05) is 42.5 Å². The van der Waals surface area contributed by atoms with Gasteiger partial charge in [-0.3, -0.25) is 4.79 Å². The van der Waals surface area contributed by atoms with Crippen molar-refractivity contribution >= 4 is 23.6 Å². The summed E-state index contributed by atoms with van der Waals surface area (Å²) < 4.78 is 10.8. The van der Waals surface area contributed by atoms with E-state index in [1.54, 1.807) is 48.5 Å². The maximum absolute atomic E-state index is 12.5. The molecule has 3 aromatic rings. The lowest BCUT2D eigenvalue weighted by atomic mass is 10.1. The summed E-state index contributed by atoms with van der Waals surface area (Å²) in [5.74, 6) is -0.583. The van der Waals surface area contributed by atoms with E-state index in [1.165, 1.54) is 6.08 Å². The van der Waals surface area contributed by atoms with Crippen LogP contribution in [0.5, 0.6) is 11.5 Å². The number of nitriles is 1. The molecule has 0 aromatic heterocycles. The Bertz CT molecular complexity index is 1130. The number of anilines is 1. The highest BCUT2D eigenvalue weighted by atomic mass is 16.5. The van der Waals surface area contributed by atoms with E-state index in [1.807, 2.05) is 36.4 Å². The molecule has 0 heterocycles. The Morgan fingerprint density at radius 3 is 2.16 bits per heavy atom. The highest BCUT2D eigenvalue weighted by Crippen LogP contribution is 2.19. The minimum atomic E-state index is -1.08. The second kappa shape index (κ2) is 11.0. The van der Waals surface area contributed by atoms with Crippen molar-refractivity contribution in [3.63, 3.8) is 0 Å². The molecule has 7 nitrogen and oxygen atoms in total. The number of carboxylic acid groups (broad SMARTS) is 1. The summed E-state index contributed by atoms with van der Waals surface area (Å²) in [7, 11) is 0. The maximum Gasteiger partial charge on any atom is 0.341 e. The number of amides is 1. The van der Waals surface area contributed by atoms with Crippen LogP contribution in [0.15, 0.2) is 84.4 Å². The van der Waals surface area contributed by atoms with E-state index in [0.29, 0.717) is 29.4 Å². The SMILES string of the molecule is N#C/C(=C\c1ccc(OCC(=O)O)cc1)C(=O)Nc1ccc(OCc2ccccc2)cc1. The number of rotatable bonds is 9. The number of hydrogen-bond donors (Lipinski definition) is 2. The van der Waals surface area contributed by atoms with Crippen molar-refractivity contribution < 1.29 is 24.2 Å². The molecule has 0 aliphatic carbocycles. The predicted molar refractivity (Wildman–Crippen MR) is 119 cm³/mol. The van der Waals surface area contributed by atoms with Crippen molar-refractivity contribution in [2.24, 2.45) is 0 Å². The van der Waals surface area contributed by atoms with Crippen LogP contribution < -0.4 is 14.8 Å². The molecule has 32 heavy (non-hydrogen) atoms. The molecule has 0 saturated heterocycles. The fourth-order valence-corrected chi connectivity index (χ4v) is 2.69. The van der Waals surface area contributed by atoms with Gasteiger partial charge >= 0.3 is 5.97 Å². The number of benzene rings is 3. The van der Waals surface area contributed by atoms with E-state index in [9.17, 15) is 14.9 Å². The molecule has 160 valence electrons. The lowest BCUT2D eigenvalue weighted by Crippen LogP contribution is -2.13. The van der Waals surface area contributed by atoms with Crippen LogP contribution >= 0.6 is 0 Å². The fraction of sp³-hybridized carbons (Fsp3) is 0.0800. The van der Waals surface area contributed by atoms with Crippen LogP contribution in [0.25, 0.3) is 6.08 Å². The Kier molecular flexibility index (Phi) is 7.60. The summed E-state index contributed by atoms with van der Waals surface area (Å²) in [6, 6.07) is 24.9. The third-order valence-electron chi connectivity index (χ3n) is 4.28. The van der Waals surface area contributed by atoms with Crippen molar-refractivity contribution in [3.8, 4) is 17.6 Å². The summed E-state index contributed by atoms with van der Waals surface area (Å²) in [4.78, 5) is 23.0. The molecule has 3 aromatic carbocycles. The molecule has 0 saturated carbocycles. The first-order valence-corrected chi connectivity index (χ1v) is 9.68. The molecular weight excluding hydrogens is 408 g/mol. The molecule has 0 aliphatic heterocycles. The number of hydrogen-bond acceptors (Lipinski definition) is 5. The Morgan fingerprint density at radius 1 is 0.906 bits per heavy atom. The first-order chi connectivity index (χ1) is 15.5. The summed E-state index contributed by atoms with van der Waals surface area (Å²) in [6.07, 6.45) is 1.44. The molecule has 0 atom stereocenters. The van der Waals surface area contributed by atoms with Crippen molar-refractivity contribution in [1.82, 2.24) is 0 Å². The van der Waals surface area contributed by atoms with Gasteiger partial charge in [0.2, 0.25) is 0 Å². The van der Waals surface area contributed by atoms with Crippen LogP contribution in [0.2, 0.25) is 0 Å². The van der Waals surface area contributed by atoms with Gasteiger partial charge in [-0.25, -0.2) is 4.79 Å². The van der Waals surface area contributed by atoms with Crippen LogP contribution in [0.3, 0.4) is 0 Å². The third-order valence-corrected chi connectivity index (χ3v) is 4.28. The van der Waals surface area contributed by atoms with E-state index >= 15 is 0 Å². The zero-order chi connectivity index (χ0) is 22.8. The summed E-state index contributed by atoms with van der Waals surface area (Å²) >= 11 is 0. The monoisotopic (exact) mass is 428 g/mol. The van der Waals surface area contributed by atoms with Crippen molar-refractivity contribution in [1.29, 1.82) is 5.26 Å². The second-order valence-corrected chi connectivity index (χ2v) is 6.67. The van der Waals surface area contributed by atoms with Gasteiger partial charge in [0, 0.05) is 5.69 Å². The highest BCUT2D eigenvalue weighted by molar-refractivity contribution is 6.09. The first-order valence-electron chi connectivity index (χ1n) is 9.68. The first kappa shape index (κ1) is 22.1. The van der Waals surface area contributed by atoms with Crippen LogP contribution in [-0.2, 0) is 16.2 Å². The number of aliphatic carboxylic acids is 1. The number of ether oxygens (including phenoxy) is 2. The average molecular weight is 428 g/mol. The topological polar surface area (TPSA) is 109 Å². The Labute approximate surface area is 185 Å². The van der Waals surface area contributed by atoms with Gasteiger partial charge < -0.3 is 19.9 Å². The van der Waals surface area contributed by atoms with Gasteiger partial charge in [0.15, 0.2) is 6.61 Å². The molecule has 0 aliphatic rings. The predicted octanol–water partition coefficient (Wildman–Crippen LogP) is 4.27. The molecule has 0 bridgehead atoms. The van der Waals surface area contributed by atoms with Crippen LogP contribution in [0.1, 0.15) is 11.1 Å². The molecule has 3 rings (SSSR count). The minimum absolute atomic E-state index is 0.0754. The number of nitrogens with zero attached hydrogens (tertiary/aromatic N) is 1. The summed E-state index contributed by atoms with van der Waals surface area (Å²) in [6.45, 7) is -0.00881. The van der Waals surface area contributed by atoms with Gasteiger partial charge in [0.05, 0.1) is 0 Å². The van der Waals surface area contributed by atoms with Gasteiger partial charge in [0.1, 0.15) is 29.7 Å². The molecular formula is C25H20N2O5. The smallest absolute Gasteiger partial charge is 0.341 e. The van der Waals surface area contributed by atoms with E-state index in [0.717, 1.165) is 5.56 Å². The van der Waals surface area contributed by atoms with Crippen LogP contribution in [0, 0.1) is 11.3 Å². The van der Waals surface area contributed by atoms with E-state index in [2.05, 4.69) is 5.32 Å². The van der Waals surface area contributed by atoms with Crippen molar-refractivity contribution in [3.05, 3.63) is 95.6 Å². The fourth-order valence-electron chi connectivity index (χ4n) is 2.69. The number of carbonyl (C=O) groups is 2. The molecule has 0 fully saturated rings. The van der Waals surface area contributed by atoms with Crippen molar-refractivity contribution in [2.45, 2.75) is 6.61 Å². The van der Waals surface area contributed by atoms with E-state index in [4.69, 9.17) is 14.6 Å². The lowest BCUT2D eigenvalue weighted by molar-refractivity contribution is -0.139.